The van der Waals surface area contributed by atoms with Gasteiger partial charge in [-0.05, 0) is 18.6 Å². The van der Waals surface area contributed by atoms with E-state index in [1.807, 2.05) is 10.6 Å². The molecule has 0 saturated carbocycles. The number of benzene rings is 1. The molecular formula is C23H26N8O6. The van der Waals surface area contributed by atoms with Gasteiger partial charge in [0.2, 0.25) is 17.9 Å². The predicted octanol–water partition coefficient (Wildman–Crippen LogP) is -0.470. The summed E-state index contributed by atoms with van der Waals surface area (Å²) in [5.74, 6) is 0.678. The van der Waals surface area contributed by atoms with Gasteiger partial charge >= 0.3 is 0 Å². The predicted molar refractivity (Wildman–Crippen MR) is 130 cm³/mol. The first-order valence-corrected chi connectivity index (χ1v) is 11.7. The molecule has 3 aromatic rings. The number of amides is 2. The Balaban J connectivity index is 1.41. The lowest BCUT2D eigenvalue weighted by atomic mass is 10.2. The number of carbonyl (C=O) groups excluding carboxylic acids is 2. The summed E-state index contributed by atoms with van der Waals surface area (Å²) in [5, 5.41) is 13.7. The summed E-state index contributed by atoms with van der Waals surface area (Å²) in [7, 11) is 1.51. The van der Waals surface area contributed by atoms with Crippen LogP contribution in [0.5, 0.6) is 11.5 Å². The summed E-state index contributed by atoms with van der Waals surface area (Å²) in [6.07, 6.45) is 1.76. The van der Waals surface area contributed by atoms with E-state index in [-0.39, 0.29) is 23.7 Å². The van der Waals surface area contributed by atoms with Crippen molar-refractivity contribution in [3.8, 4) is 11.5 Å². The number of nitrogens with zero attached hydrogens (tertiary/aromatic N) is 6. The Labute approximate surface area is 210 Å². The van der Waals surface area contributed by atoms with Crippen LogP contribution in [0.25, 0.3) is 10.9 Å². The van der Waals surface area contributed by atoms with Gasteiger partial charge in [0.1, 0.15) is 11.3 Å². The average molecular weight is 511 g/mol. The van der Waals surface area contributed by atoms with Crippen LogP contribution in [-0.4, -0.2) is 87.6 Å². The number of carbonyl (C=O) groups is 2. The zero-order valence-electron chi connectivity index (χ0n) is 20.1. The van der Waals surface area contributed by atoms with Crippen LogP contribution in [0.2, 0.25) is 0 Å². The SMILES string of the molecule is COc1c(OCCCN2CCOC(O)C2=O)ccc2c3n(c(=NC(=O)c4cnc(N)nc4)nc12)CCN3. The molecule has 1 aromatic carbocycles. The number of fused-ring (bicyclic) bond motifs is 3. The van der Waals surface area contributed by atoms with Gasteiger partial charge < -0.3 is 35.3 Å². The van der Waals surface area contributed by atoms with Crippen molar-refractivity contribution in [1.82, 2.24) is 24.4 Å². The highest BCUT2D eigenvalue weighted by Gasteiger charge is 2.27. The van der Waals surface area contributed by atoms with Crippen LogP contribution < -0.4 is 26.1 Å². The first kappa shape index (κ1) is 24.4. The lowest BCUT2D eigenvalue weighted by Crippen LogP contribution is -2.48. The number of rotatable bonds is 7. The molecule has 0 spiro atoms. The third kappa shape index (κ3) is 4.88. The monoisotopic (exact) mass is 510 g/mol. The maximum Gasteiger partial charge on any atom is 0.283 e. The van der Waals surface area contributed by atoms with Crippen LogP contribution >= 0.6 is 0 Å². The van der Waals surface area contributed by atoms with E-state index in [9.17, 15) is 14.7 Å². The Morgan fingerprint density at radius 2 is 2.14 bits per heavy atom. The molecule has 1 saturated heterocycles. The number of hydrogen-bond acceptors (Lipinski definition) is 11. The molecule has 2 aromatic heterocycles. The van der Waals surface area contributed by atoms with Crippen LogP contribution in [0, 0.1) is 0 Å². The minimum absolute atomic E-state index is 0.0613. The van der Waals surface area contributed by atoms with Gasteiger partial charge in [-0.2, -0.15) is 4.99 Å². The van der Waals surface area contributed by atoms with Crippen LogP contribution in [0.4, 0.5) is 11.8 Å². The number of aliphatic hydroxyl groups excluding tert-OH is 1. The number of aliphatic hydroxyl groups is 1. The topological polar surface area (TPSA) is 179 Å². The van der Waals surface area contributed by atoms with Crippen LogP contribution in [-0.2, 0) is 16.1 Å². The van der Waals surface area contributed by atoms with Gasteiger partial charge in [0.25, 0.3) is 11.8 Å². The first-order valence-electron chi connectivity index (χ1n) is 11.7. The molecule has 1 unspecified atom stereocenters. The highest BCUT2D eigenvalue weighted by atomic mass is 16.6. The van der Waals surface area contributed by atoms with E-state index in [4.69, 9.17) is 19.9 Å². The average Bonchev–Trinajstić information content (AvgIpc) is 3.40. The molecule has 2 aliphatic rings. The minimum atomic E-state index is -1.41. The van der Waals surface area contributed by atoms with Crippen molar-refractivity contribution in [2.45, 2.75) is 19.3 Å². The fraction of sp³-hybridized carbons (Fsp3) is 0.391. The lowest BCUT2D eigenvalue weighted by Gasteiger charge is -2.29. The van der Waals surface area contributed by atoms with Crippen LogP contribution in [0.3, 0.4) is 0 Å². The Morgan fingerprint density at radius 1 is 1.32 bits per heavy atom. The molecule has 4 N–H and O–H groups in total. The van der Waals surface area contributed by atoms with Crippen LogP contribution in [0.1, 0.15) is 16.8 Å². The van der Waals surface area contributed by atoms with E-state index >= 15 is 0 Å². The number of methoxy groups -OCH3 is 1. The number of aromatic nitrogens is 4. The summed E-state index contributed by atoms with van der Waals surface area (Å²) in [4.78, 5) is 42.8. The van der Waals surface area contributed by atoms with Crippen molar-refractivity contribution in [3.05, 3.63) is 35.7 Å². The molecule has 14 nitrogen and oxygen atoms in total. The number of nitrogens with two attached hydrogens (primary N) is 1. The summed E-state index contributed by atoms with van der Waals surface area (Å²) in [5.41, 5.74) is 6.38. The maximum absolute atomic E-state index is 12.8. The number of anilines is 2. The van der Waals surface area contributed by atoms with Crippen LogP contribution in [0.15, 0.2) is 29.5 Å². The Bertz CT molecular complexity index is 1410. The van der Waals surface area contributed by atoms with E-state index in [1.54, 1.807) is 11.0 Å². The quantitative estimate of drug-likeness (QED) is 0.350. The highest BCUT2D eigenvalue weighted by molar-refractivity contribution is 5.96. The smallest absolute Gasteiger partial charge is 0.283 e. The Kier molecular flexibility index (Phi) is 6.83. The zero-order chi connectivity index (χ0) is 25.9. The number of nitrogen functional groups attached to an aromatic ring is 1. The molecule has 5 rings (SSSR count). The third-order valence-corrected chi connectivity index (χ3v) is 6.02. The van der Waals surface area contributed by atoms with E-state index in [1.165, 1.54) is 19.5 Å². The van der Waals surface area contributed by atoms with Gasteiger partial charge in [-0.3, -0.25) is 14.2 Å². The largest absolute Gasteiger partial charge is 0.491 e. The zero-order valence-corrected chi connectivity index (χ0v) is 20.1. The second kappa shape index (κ2) is 10.4. The number of nitrogens with one attached hydrogen (secondary N) is 1. The van der Waals surface area contributed by atoms with Gasteiger partial charge in [0, 0.05) is 44.0 Å². The molecule has 37 heavy (non-hydrogen) atoms. The molecule has 14 heteroatoms. The van der Waals surface area contributed by atoms with Crippen molar-refractivity contribution < 1.29 is 28.9 Å². The number of hydrogen-bond donors (Lipinski definition) is 3. The first-order chi connectivity index (χ1) is 18.0. The van der Waals surface area contributed by atoms with Crippen molar-refractivity contribution in [2.24, 2.45) is 4.99 Å². The summed E-state index contributed by atoms with van der Waals surface area (Å²) in [6, 6.07) is 3.66. The molecule has 2 aliphatic heterocycles. The standard InChI is InChI=1S/C23H26N8O6/c1-35-17-15(36-9-2-6-30-8-10-37-21(34)20(30)33)4-3-14-16(17)28-23(31-7-5-25-18(14)31)29-19(32)13-11-26-22(24)27-12-13/h3-4,11-12,21,25,34H,2,5-10H2,1H3,(H2,24,26,27). The molecule has 1 fully saturated rings. The van der Waals surface area contributed by atoms with Gasteiger partial charge in [-0.15, -0.1) is 0 Å². The van der Waals surface area contributed by atoms with Crippen molar-refractivity contribution in [2.75, 3.05) is 51.0 Å². The molecule has 0 radical (unpaired) electrons. The van der Waals surface area contributed by atoms with Crippen molar-refractivity contribution in [3.63, 3.8) is 0 Å². The second-order valence-electron chi connectivity index (χ2n) is 8.33. The fourth-order valence-corrected chi connectivity index (χ4v) is 4.22. The van der Waals surface area contributed by atoms with Gasteiger partial charge in [0.05, 0.1) is 25.9 Å². The molecule has 194 valence electrons. The molecule has 4 heterocycles. The second-order valence-corrected chi connectivity index (χ2v) is 8.33. The van der Waals surface area contributed by atoms with E-state index in [0.717, 1.165) is 11.2 Å². The van der Waals surface area contributed by atoms with E-state index < -0.39 is 18.1 Å². The van der Waals surface area contributed by atoms with Gasteiger partial charge in [0.15, 0.2) is 11.5 Å². The molecular weight excluding hydrogens is 484 g/mol. The maximum atomic E-state index is 12.8. The van der Waals surface area contributed by atoms with E-state index in [2.05, 4.69) is 25.3 Å². The van der Waals surface area contributed by atoms with E-state index in [0.29, 0.717) is 56.2 Å². The van der Waals surface area contributed by atoms with Gasteiger partial charge in [-0.25, -0.2) is 15.0 Å². The number of morpholine rings is 1. The summed E-state index contributed by atoms with van der Waals surface area (Å²) < 4.78 is 18.4. The van der Waals surface area contributed by atoms with Crippen molar-refractivity contribution >= 4 is 34.5 Å². The van der Waals surface area contributed by atoms with Gasteiger partial charge in [-0.1, -0.05) is 0 Å². The highest BCUT2D eigenvalue weighted by Crippen LogP contribution is 2.37. The molecule has 0 aliphatic carbocycles. The molecule has 0 bridgehead atoms. The molecule has 1 atom stereocenters. The normalized spacial score (nSPS) is 17.6. The Morgan fingerprint density at radius 3 is 2.92 bits per heavy atom. The third-order valence-electron chi connectivity index (χ3n) is 6.02. The minimum Gasteiger partial charge on any atom is -0.491 e. The Hall–Kier alpha value is -4.30. The number of ether oxygens (including phenoxy) is 3. The molecule has 2 amide bonds. The van der Waals surface area contributed by atoms with Crippen molar-refractivity contribution in [1.29, 1.82) is 0 Å². The lowest BCUT2D eigenvalue weighted by molar-refractivity contribution is -0.183. The summed E-state index contributed by atoms with van der Waals surface area (Å²) >= 11 is 0. The summed E-state index contributed by atoms with van der Waals surface area (Å²) in [6.45, 7) is 2.66. The fourth-order valence-electron chi connectivity index (χ4n) is 4.22.